The van der Waals surface area contributed by atoms with E-state index < -0.39 is 17.4 Å². The molecule has 0 spiro atoms. The summed E-state index contributed by atoms with van der Waals surface area (Å²) in [5.41, 5.74) is -1.81. The molecule has 0 heterocycles. The molecule has 0 aromatic heterocycles. The normalized spacial score (nSPS) is 24.9. The molecule has 14 heavy (non-hydrogen) atoms. The maximum absolute atomic E-state index is 10.8. The number of aliphatic carboxylic acids is 2. The van der Waals surface area contributed by atoms with Crippen molar-refractivity contribution in [2.45, 2.75) is 6.42 Å². The number of nitriles is 1. The highest BCUT2D eigenvalue weighted by Gasteiger charge is 2.39. The van der Waals surface area contributed by atoms with Gasteiger partial charge in [0.15, 0.2) is 5.41 Å². The molecule has 5 nitrogen and oxygen atoms in total. The number of carboxylic acid groups (broad SMARTS) is 2. The second kappa shape index (κ2) is 3.34. The average molecular weight is 193 g/mol. The molecule has 1 rings (SSSR count). The number of carboxylic acids is 2. The summed E-state index contributed by atoms with van der Waals surface area (Å²) >= 11 is 0. The summed E-state index contributed by atoms with van der Waals surface area (Å²) in [5, 5.41) is 26.1. The van der Waals surface area contributed by atoms with Crippen LogP contribution in [0.25, 0.3) is 0 Å². The third kappa shape index (κ3) is 1.50. The van der Waals surface area contributed by atoms with Crippen LogP contribution in [0.5, 0.6) is 0 Å². The Morgan fingerprint density at radius 1 is 1.50 bits per heavy atom. The summed E-state index contributed by atoms with van der Waals surface area (Å²) in [4.78, 5) is 21.4. The molecular formula is C9H7NO4. The Morgan fingerprint density at radius 3 is 2.57 bits per heavy atom. The van der Waals surface area contributed by atoms with Crippen molar-refractivity contribution < 1.29 is 19.8 Å². The van der Waals surface area contributed by atoms with Gasteiger partial charge in [-0.1, -0.05) is 18.2 Å². The topological polar surface area (TPSA) is 98.4 Å². The molecule has 1 aliphatic carbocycles. The summed E-state index contributed by atoms with van der Waals surface area (Å²) in [6.45, 7) is 0. The van der Waals surface area contributed by atoms with Crippen LogP contribution in [-0.2, 0) is 9.59 Å². The van der Waals surface area contributed by atoms with Gasteiger partial charge in [0.1, 0.15) is 0 Å². The fourth-order valence-corrected chi connectivity index (χ4v) is 1.17. The van der Waals surface area contributed by atoms with Crippen molar-refractivity contribution in [3.8, 4) is 6.07 Å². The van der Waals surface area contributed by atoms with E-state index in [0.29, 0.717) is 0 Å². The van der Waals surface area contributed by atoms with Crippen LogP contribution >= 0.6 is 0 Å². The van der Waals surface area contributed by atoms with E-state index in [1.54, 1.807) is 6.07 Å². The van der Waals surface area contributed by atoms with Crippen molar-refractivity contribution in [2.75, 3.05) is 0 Å². The van der Waals surface area contributed by atoms with E-state index in [4.69, 9.17) is 15.5 Å². The minimum absolute atomic E-state index is 0.0727. The lowest BCUT2D eigenvalue weighted by Gasteiger charge is -2.20. The molecule has 0 saturated heterocycles. The smallest absolute Gasteiger partial charge is 0.331 e. The van der Waals surface area contributed by atoms with Gasteiger partial charge in [0, 0.05) is 12.0 Å². The van der Waals surface area contributed by atoms with Crippen molar-refractivity contribution in [2.24, 2.45) is 5.41 Å². The molecule has 0 radical (unpaired) electrons. The summed E-state index contributed by atoms with van der Waals surface area (Å²) < 4.78 is 0. The molecule has 2 N–H and O–H groups in total. The molecule has 0 aromatic rings. The van der Waals surface area contributed by atoms with Gasteiger partial charge in [0.25, 0.3) is 0 Å². The Morgan fingerprint density at radius 2 is 2.14 bits per heavy atom. The largest absolute Gasteiger partial charge is 0.480 e. The maximum Gasteiger partial charge on any atom is 0.331 e. The summed E-state index contributed by atoms with van der Waals surface area (Å²) in [7, 11) is 0. The molecule has 0 aliphatic heterocycles. The fraction of sp³-hybridized carbons (Fsp3) is 0.222. The fourth-order valence-electron chi connectivity index (χ4n) is 1.17. The molecule has 1 unspecified atom stereocenters. The zero-order valence-electron chi connectivity index (χ0n) is 7.10. The van der Waals surface area contributed by atoms with Crippen molar-refractivity contribution in [1.82, 2.24) is 0 Å². The number of rotatable bonds is 2. The van der Waals surface area contributed by atoms with Gasteiger partial charge in [0.05, 0.1) is 6.07 Å². The van der Waals surface area contributed by atoms with E-state index in [1.807, 2.05) is 0 Å². The molecule has 5 heteroatoms. The Balaban J connectivity index is 3.06. The SMILES string of the molecule is N#CC1(C(=O)O)C=CC=C(C(=O)O)C1. The van der Waals surface area contributed by atoms with Gasteiger partial charge in [-0.15, -0.1) is 0 Å². The van der Waals surface area contributed by atoms with Gasteiger partial charge >= 0.3 is 11.9 Å². The maximum atomic E-state index is 10.8. The summed E-state index contributed by atoms with van der Waals surface area (Å²) in [6.07, 6.45) is 3.47. The van der Waals surface area contributed by atoms with Crippen LogP contribution in [0, 0.1) is 16.7 Å². The van der Waals surface area contributed by atoms with E-state index in [9.17, 15) is 9.59 Å². The quantitative estimate of drug-likeness (QED) is 0.667. The highest BCUT2D eigenvalue weighted by atomic mass is 16.4. The highest BCUT2D eigenvalue weighted by molar-refractivity contribution is 5.91. The second-order valence-corrected chi connectivity index (χ2v) is 2.92. The molecule has 1 atom stereocenters. The molecule has 1 aliphatic rings. The lowest BCUT2D eigenvalue weighted by molar-refractivity contribution is -0.143. The Hall–Kier alpha value is -2.09. The third-order valence-electron chi connectivity index (χ3n) is 2.00. The van der Waals surface area contributed by atoms with Crippen LogP contribution in [-0.4, -0.2) is 22.2 Å². The van der Waals surface area contributed by atoms with E-state index in [1.165, 1.54) is 18.2 Å². The Kier molecular flexibility index (Phi) is 2.38. The van der Waals surface area contributed by atoms with Crippen LogP contribution in [0.1, 0.15) is 6.42 Å². The molecule has 0 amide bonds. The van der Waals surface area contributed by atoms with Gasteiger partial charge < -0.3 is 10.2 Å². The first-order valence-corrected chi connectivity index (χ1v) is 3.78. The van der Waals surface area contributed by atoms with E-state index in [-0.39, 0.29) is 12.0 Å². The van der Waals surface area contributed by atoms with Crippen molar-refractivity contribution in [1.29, 1.82) is 5.26 Å². The first-order chi connectivity index (χ1) is 6.52. The number of allylic oxidation sites excluding steroid dienone is 2. The number of nitrogens with zero attached hydrogens (tertiary/aromatic N) is 1. The molecule has 0 aromatic carbocycles. The van der Waals surface area contributed by atoms with Gasteiger partial charge in [0.2, 0.25) is 0 Å². The molecular weight excluding hydrogens is 186 g/mol. The first-order valence-electron chi connectivity index (χ1n) is 3.78. The minimum Gasteiger partial charge on any atom is -0.480 e. The predicted octanol–water partition coefficient (Wildman–Crippen LogP) is 0.552. The van der Waals surface area contributed by atoms with Crippen LogP contribution in [0.15, 0.2) is 23.8 Å². The lowest BCUT2D eigenvalue weighted by atomic mass is 9.79. The molecule has 0 saturated carbocycles. The van der Waals surface area contributed by atoms with Gasteiger partial charge in [-0.3, -0.25) is 4.79 Å². The van der Waals surface area contributed by atoms with Crippen molar-refractivity contribution in [3.63, 3.8) is 0 Å². The standard InChI is InChI=1S/C9H7NO4/c10-5-9(8(13)14)3-1-2-6(4-9)7(11)12/h1-3H,4H2,(H,11,12)(H,13,14). The zero-order chi connectivity index (χ0) is 10.8. The predicted molar refractivity (Wildman–Crippen MR) is 45.2 cm³/mol. The molecule has 72 valence electrons. The second-order valence-electron chi connectivity index (χ2n) is 2.92. The van der Waals surface area contributed by atoms with Crippen molar-refractivity contribution in [3.05, 3.63) is 23.8 Å². The number of hydrogen-bond acceptors (Lipinski definition) is 3. The van der Waals surface area contributed by atoms with Gasteiger partial charge in [-0.05, 0) is 0 Å². The van der Waals surface area contributed by atoms with E-state index >= 15 is 0 Å². The number of carbonyl (C=O) groups is 2. The van der Waals surface area contributed by atoms with Crippen LogP contribution in [0.2, 0.25) is 0 Å². The van der Waals surface area contributed by atoms with Gasteiger partial charge in [-0.25, -0.2) is 4.79 Å². The van der Waals surface area contributed by atoms with Gasteiger partial charge in [-0.2, -0.15) is 5.26 Å². The van der Waals surface area contributed by atoms with Crippen LogP contribution < -0.4 is 0 Å². The Bertz CT molecular complexity index is 388. The summed E-state index contributed by atoms with van der Waals surface area (Å²) in [5.74, 6) is -2.53. The van der Waals surface area contributed by atoms with E-state index in [0.717, 1.165) is 0 Å². The highest BCUT2D eigenvalue weighted by Crippen LogP contribution is 2.31. The first kappa shape index (κ1) is 9.99. The third-order valence-corrected chi connectivity index (χ3v) is 2.00. The summed E-state index contributed by atoms with van der Waals surface area (Å²) in [6, 6.07) is 1.61. The van der Waals surface area contributed by atoms with Crippen LogP contribution in [0.3, 0.4) is 0 Å². The average Bonchev–Trinajstić information content (AvgIpc) is 2.17. The minimum atomic E-state index is -1.73. The molecule has 0 bridgehead atoms. The van der Waals surface area contributed by atoms with Crippen LogP contribution in [0.4, 0.5) is 0 Å². The Labute approximate surface area is 79.6 Å². The number of hydrogen-bond donors (Lipinski definition) is 2. The lowest BCUT2D eigenvalue weighted by Crippen LogP contribution is -2.30. The molecule has 0 fully saturated rings. The monoisotopic (exact) mass is 193 g/mol. The van der Waals surface area contributed by atoms with E-state index in [2.05, 4.69) is 0 Å². The zero-order valence-corrected chi connectivity index (χ0v) is 7.10. The van der Waals surface area contributed by atoms with Crippen molar-refractivity contribution >= 4 is 11.9 Å².